The van der Waals surface area contributed by atoms with Crippen LogP contribution in [-0.4, -0.2) is 48.9 Å². The third-order valence-electron chi connectivity index (χ3n) is 5.18. The summed E-state index contributed by atoms with van der Waals surface area (Å²) >= 11 is 12.0. The van der Waals surface area contributed by atoms with Crippen LogP contribution in [0.4, 0.5) is 0 Å². The lowest BCUT2D eigenvalue weighted by molar-refractivity contribution is -0.124. The topological polar surface area (TPSA) is 61.4 Å². The summed E-state index contributed by atoms with van der Waals surface area (Å²) < 4.78 is 0. The first-order valence-corrected chi connectivity index (χ1v) is 10.1. The number of piperidine rings is 1. The number of benzene rings is 1. The number of nitrogens with zero attached hydrogens (tertiary/aromatic N) is 1. The van der Waals surface area contributed by atoms with Crippen LogP contribution in [0.5, 0.6) is 0 Å². The van der Waals surface area contributed by atoms with Gasteiger partial charge in [-0.15, -0.1) is 12.4 Å². The van der Waals surface area contributed by atoms with Crippen molar-refractivity contribution < 1.29 is 9.59 Å². The van der Waals surface area contributed by atoms with Crippen LogP contribution in [0.25, 0.3) is 0 Å². The van der Waals surface area contributed by atoms with E-state index in [0.29, 0.717) is 41.0 Å². The van der Waals surface area contributed by atoms with E-state index in [1.54, 1.807) is 23.1 Å². The van der Waals surface area contributed by atoms with Crippen molar-refractivity contribution in [2.45, 2.75) is 38.1 Å². The van der Waals surface area contributed by atoms with Crippen molar-refractivity contribution in [1.29, 1.82) is 0 Å². The zero-order valence-electron chi connectivity index (χ0n) is 15.2. The summed E-state index contributed by atoms with van der Waals surface area (Å²) in [5.41, 5.74) is 0.426. The normalized spacial score (nSPS) is 22.2. The second kappa shape index (κ2) is 10.5. The molecule has 8 heteroatoms. The van der Waals surface area contributed by atoms with E-state index >= 15 is 0 Å². The molecule has 0 radical (unpaired) electrons. The molecule has 0 bridgehead atoms. The average molecular weight is 435 g/mol. The predicted molar refractivity (Wildman–Crippen MR) is 111 cm³/mol. The zero-order chi connectivity index (χ0) is 18.5. The van der Waals surface area contributed by atoms with Gasteiger partial charge in [0.1, 0.15) is 6.04 Å². The number of rotatable bonds is 5. The van der Waals surface area contributed by atoms with Crippen LogP contribution in [0.1, 0.15) is 42.5 Å². The zero-order valence-corrected chi connectivity index (χ0v) is 17.5. The number of amides is 2. The van der Waals surface area contributed by atoms with Gasteiger partial charge >= 0.3 is 0 Å². The molecule has 2 amide bonds. The fourth-order valence-corrected chi connectivity index (χ4v) is 4.34. The van der Waals surface area contributed by atoms with Crippen LogP contribution < -0.4 is 10.6 Å². The maximum Gasteiger partial charge on any atom is 0.254 e. The molecule has 2 atom stereocenters. The van der Waals surface area contributed by atoms with Gasteiger partial charge in [0.25, 0.3) is 5.91 Å². The third-order valence-corrected chi connectivity index (χ3v) is 5.61. The molecule has 2 N–H and O–H groups in total. The van der Waals surface area contributed by atoms with Gasteiger partial charge in [-0.1, -0.05) is 23.2 Å². The van der Waals surface area contributed by atoms with Gasteiger partial charge in [0.15, 0.2) is 0 Å². The van der Waals surface area contributed by atoms with Gasteiger partial charge < -0.3 is 15.5 Å². The van der Waals surface area contributed by atoms with Gasteiger partial charge in [0.2, 0.25) is 5.91 Å². The van der Waals surface area contributed by atoms with Crippen molar-refractivity contribution in [2.24, 2.45) is 5.92 Å². The smallest absolute Gasteiger partial charge is 0.254 e. The lowest BCUT2D eigenvalue weighted by Gasteiger charge is -2.25. The Morgan fingerprint density at radius 3 is 2.56 bits per heavy atom. The molecule has 1 aromatic carbocycles. The molecule has 2 saturated heterocycles. The molecule has 2 unspecified atom stereocenters. The highest BCUT2D eigenvalue weighted by atomic mass is 35.5. The molecule has 2 aliphatic heterocycles. The summed E-state index contributed by atoms with van der Waals surface area (Å²) in [6.07, 6.45) is 4.91. The summed E-state index contributed by atoms with van der Waals surface area (Å²) in [4.78, 5) is 27.0. The summed E-state index contributed by atoms with van der Waals surface area (Å²) in [6.45, 7) is 3.36. The highest BCUT2D eigenvalue weighted by Gasteiger charge is 2.34. The van der Waals surface area contributed by atoms with Gasteiger partial charge in [0, 0.05) is 28.7 Å². The fraction of sp³-hybridized carbons (Fsp3) is 0.579. The van der Waals surface area contributed by atoms with E-state index in [2.05, 4.69) is 10.6 Å². The molecule has 0 spiro atoms. The molecular formula is C19H26Cl3N3O2. The van der Waals surface area contributed by atoms with Crippen LogP contribution in [0, 0.1) is 5.92 Å². The lowest BCUT2D eigenvalue weighted by atomic mass is 9.96. The third kappa shape index (κ3) is 5.98. The van der Waals surface area contributed by atoms with Crippen LogP contribution in [-0.2, 0) is 4.79 Å². The molecule has 150 valence electrons. The summed E-state index contributed by atoms with van der Waals surface area (Å²) in [5, 5.41) is 7.25. The monoisotopic (exact) mass is 433 g/mol. The minimum absolute atomic E-state index is 0. The first-order chi connectivity index (χ1) is 12.5. The molecule has 0 aromatic heterocycles. The van der Waals surface area contributed by atoms with Crippen molar-refractivity contribution in [3.8, 4) is 0 Å². The Morgan fingerprint density at radius 2 is 1.89 bits per heavy atom. The number of carbonyl (C=O) groups is 2. The molecule has 27 heavy (non-hydrogen) atoms. The molecular weight excluding hydrogens is 409 g/mol. The number of halogens is 3. The highest BCUT2D eigenvalue weighted by Crippen LogP contribution is 2.24. The standard InChI is InChI=1S/C19H25Cl2N3O2.ClH/c20-15-9-14(10-16(21)11-15)19(26)24-8-2-4-17(24)18(25)23-7-5-13-3-1-6-22-12-13;/h9-11,13,17,22H,1-8,12H2,(H,23,25);1H. The van der Waals surface area contributed by atoms with Gasteiger partial charge in [-0.25, -0.2) is 0 Å². The highest BCUT2D eigenvalue weighted by molar-refractivity contribution is 6.35. The quantitative estimate of drug-likeness (QED) is 0.745. The van der Waals surface area contributed by atoms with Crippen LogP contribution in [0.2, 0.25) is 10.0 Å². The first kappa shape index (κ1) is 22.3. The summed E-state index contributed by atoms with van der Waals surface area (Å²) in [5.74, 6) is 0.371. The predicted octanol–water partition coefficient (Wildman–Crippen LogP) is 3.53. The Balaban J connectivity index is 0.00000261. The largest absolute Gasteiger partial charge is 0.354 e. The molecule has 0 aliphatic carbocycles. The maximum atomic E-state index is 12.8. The number of nitrogens with one attached hydrogen (secondary N) is 2. The molecule has 1 aromatic rings. The van der Waals surface area contributed by atoms with Crippen LogP contribution in [0.3, 0.4) is 0 Å². The minimum Gasteiger partial charge on any atom is -0.354 e. The minimum atomic E-state index is -0.412. The Kier molecular flexibility index (Phi) is 8.67. The second-order valence-electron chi connectivity index (χ2n) is 7.11. The van der Waals surface area contributed by atoms with Crippen molar-refractivity contribution >= 4 is 47.4 Å². The van der Waals surface area contributed by atoms with Gasteiger partial charge in [-0.05, 0) is 69.3 Å². The van der Waals surface area contributed by atoms with Crippen molar-refractivity contribution in [2.75, 3.05) is 26.2 Å². The number of hydrogen-bond acceptors (Lipinski definition) is 3. The second-order valence-corrected chi connectivity index (χ2v) is 7.98. The molecule has 5 nitrogen and oxygen atoms in total. The SMILES string of the molecule is Cl.O=C(NCCC1CCCNC1)C1CCCN1C(=O)c1cc(Cl)cc(Cl)c1. The van der Waals surface area contributed by atoms with E-state index in [0.717, 1.165) is 25.9 Å². The summed E-state index contributed by atoms with van der Waals surface area (Å²) in [7, 11) is 0. The van der Waals surface area contributed by atoms with Gasteiger partial charge in [-0.2, -0.15) is 0 Å². The molecule has 2 fully saturated rings. The van der Waals surface area contributed by atoms with E-state index < -0.39 is 6.04 Å². The Hall–Kier alpha value is -1.01. The Labute approximate surface area is 176 Å². The van der Waals surface area contributed by atoms with Crippen molar-refractivity contribution in [3.05, 3.63) is 33.8 Å². The number of likely N-dealkylation sites (tertiary alicyclic amines) is 1. The number of hydrogen-bond donors (Lipinski definition) is 2. The van der Waals surface area contributed by atoms with E-state index in [-0.39, 0.29) is 24.2 Å². The maximum absolute atomic E-state index is 12.8. The van der Waals surface area contributed by atoms with E-state index in [1.165, 1.54) is 12.8 Å². The Morgan fingerprint density at radius 1 is 1.15 bits per heavy atom. The van der Waals surface area contributed by atoms with E-state index in [4.69, 9.17) is 23.2 Å². The lowest BCUT2D eigenvalue weighted by Crippen LogP contribution is -2.46. The van der Waals surface area contributed by atoms with Crippen LogP contribution in [0.15, 0.2) is 18.2 Å². The molecule has 3 rings (SSSR count). The Bertz CT molecular complexity index is 645. The van der Waals surface area contributed by atoms with E-state index in [1.807, 2.05) is 0 Å². The average Bonchev–Trinajstić information content (AvgIpc) is 3.11. The van der Waals surface area contributed by atoms with Gasteiger partial charge in [0.05, 0.1) is 0 Å². The fourth-order valence-electron chi connectivity index (χ4n) is 3.81. The van der Waals surface area contributed by atoms with Gasteiger partial charge in [-0.3, -0.25) is 9.59 Å². The molecule has 2 aliphatic rings. The van der Waals surface area contributed by atoms with Crippen LogP contribution >= 0.6 is 35.6 Å². The molecule has 0 saturated carbocycles. The number of carbonyl (C=O) groups excluding carboxylic acids is 2. The van der Waals surface area contributed by atoms with Crippen molar-refractivity contribution in [3.63, 3.8) is 0 Å². The van der Waals surface area contributed by atoms with Crippen molar-refractivity contribution in [1.82, 2.24) is 15.5 Å². The summed E-state index contributed by atoms with van der Waals surface area (Å²) in [6, 6.07) is 4.37. The first-order valence-electron chi connectivity index (χ1n) is 9.30. The molecule has 2 heterocycles. The van der Waals surface area contributed by atoms with E-state index in [9.17, 15) is 9.59 Å².